The fraction of sp³-hybridized carbons (Fsp3) is 0.500. The molecule has 0 aromatic heterocycles. The number of rotatable bonds is 0. The van der Waals surface area contributed by atoms with Crippen molar-refractivity contribution in [2.45, 2.75) is 12.0 Å². The lowest BCUT2D eigenvalue weighted by atomic mass is 10.3. The quantitative estimate of drug-likeness (QED) is 0.493. The molecule has 0 aromatic rings. The molecule has 0 amide bonds. The average molecular weight is 160 g/mol. The number of hydrogen-bond donors (Lipinski definition) is 0. The van der Waals surface area contributed by atoms with Gasteiger partial charge in [-0.15, -0.1) is 0 Å². The van der Waals surface area contributed by atoms with Crippen LogP contribution in [0, 0.1) is 0 Å². The highest BCUT2D eigenvalue weighted by Crippen LogP contribution is 2.46. The summed E-state index contributed by atoms with van der Waals surface area (Å²) in [5.74, 6) is -7.06. The Morgan fingerprint density at radius 1 is 1.20 bits per heavy atom. The van der Waals surface area contributed by atoms with Crippen LogP contribution in [0.3, 0.4) is 0 Å². The van der Waals surface area contributed by atoms with Gasteiger partial charge in [0.15, 0.2) is 0 Å². The molecule has 1 aliphatic heterocycles. The van der Waals surface area contributed by atoms with E-state index >= 15 is 0 Å². The van der Waals surface area contributed by atoms with Gasteiger partial charge in [-0.2, -0.15) is 17.6 Å². The van der Waals surface area contributed by atoms with E-state index in [0.29, 0.717) is 0 Å². The average Bonchev–Trinajstić information content (AvgIpc) is 1.94. The lowest BCUT2D eigenvalue weighted by Crippen LogP contribution is -2.37. The lowest BCUT2D eigenvalue weighted by Gasteiger charge is -2.15. The summed E-state index contributed by atoms with van der Waals surface area (Å²) in [4.78, 5) is 0. The fourth-order valence-corrected chi connectivity index (χ4v) is 0.413. The molecule has 0 atom stereocenters. The summed E-state index contributed by atoms with van der Waals surface area (Å²) in [6, 6.07) is 0. The van der Waals surface area contributed by atoms with Crippen molar-refractivity contribution in [2.24, 2.45) is 0 Å². The van der Waals surface area contributed by atoms with Crippen LogP contribution in [0.5, 0.6) is 0 Å². The molecule has 1 rings (SSSR count). The van der Waals surface area contributed by atoms with Gasteiger partial charge in [0, 0.05) is 0 Å². The van der Waals surface area contributed by atoms with Gasteiger partial charge in [0.05, 0.1) is 0 Å². The Hall–Kier alpha value is -0.810. The molecule has 0 radical (unpaired) electrons. The molecule has 0 N–H and O–H groups in total. The van der Waals surface area contributed by atoms with Gasteiger partial charge in [0.1, 0.15) is 6.26 Å². The zero-order valence-corrected chi connectivity index (χ0v) is 4.38. The normalized spacial score (nSPS) is 27.5. The molecule has 0 bridgehead atoms. The van der Waals surface area contributed by atoms with Crippen LogP contribution in [-0.4, -0.2) is 12.0 Å². The maximum absolute atomic E-state index is 11.8. The third kappa shape index (κ3) is 0.676. The Balaban J connectivity index is 2.96. The standard InChI is InChI=1S/C4HF5O/c5-2-1-10-4(8,9)3(2,6)7/h1H. The summed E-state index contributed by atoms with van der Waals surface area (Å²) in [7, 11) is 0. The van der Waals surface area contributed by atoms with Crippen molar-refractivity contribution in [3.8, 4) is 0 Å². The van der Waals surface area contributed by atoms with Crippen LogP contribution in [-0.2, 0) is 4.74 Å². The molecule has 10 heavy (non-hydrogen) atoms. The molecular formula is C4HF5O. The molecule has 0 saturated carbocycles. The minimum Gasteiger partial charge on any atom is -0.433 e. The molecule has 1 nitrogen and oxygen atoms in total. The minimum atomic E-state index is -4.81. The molecular weight excluding hydrogens is 159 g/mol. The van der Waals surface area contributed by atoms with E-state index in [9.17, 15) is 22.0 Å². The van der Waals surface area contributed by atoms with Crippen molar-refractivity contribution in [1.82, 2.24) is 0 Å². The minimum absolute atomic E-state index is 0.292. The molecule has 58 valence electrons. The van der Waals surface area contributed by atoms with E-state index < -0.39 is 17.9 Å². The predicted octanol–water partition coefficient (Wildman–Crippen LogP) is 2.06. The van der Waals surface area contributed by atoms with Crippen LogP contribution in [0.1, 0.15) is 0 Å². The Morgan fingerprint density at radius 2 is 1.70 bits per heavy atom. The predicted molar refractivity (Wildman–Crippen MR) is 20.2 cm³/mol. The van der Waals surface area contributed by atoms with Crippen LogP contribution in [0.4, 0.5) is 22.0 Å². The van der Waals surface area contributed by atoms with Crippen molar-refractivity contribution in [2.75, 3.05) is 0 Å². The Kier molecular flexibility index (Phi) is 1.18. The summed E-state index contributed by atoms with van der Waals surface area (Å²) in [6.45, 7) is 0. The van der Waals surface area contributed by atoms with Crippen LogP contribution in [0.15, 0.2) is 12.1 Å². The van der Waals surface area contributed by atoms with Gasteiger partial charge in [-0.1, -0.05) is 0 Å². The second kappa shape index (κ2) is 1.62. The topological polar surface area (TPSA) is 9.23 Å². The molecule has 0 saturated heterocycles. The van der Waals surface area contributed by atoms with Crippen molar-refractivity contribution < 1.29 is 26.7 Å². The second-order valence-corrected chi connectivity index (χ2v) is 1.67. The zero-order chi connectivity index (χ0) is 7.99. The van der Waals surface area contributed by atoms with Crippen LogP contribution >= 0.6 is 0 Å². The molecule has 0 aliphatic carbocycles. The van der Waals surface area contributed by atoms with E-state index in [2.05, 4.69) is 4.74 Å². The van der Waals surface area contributed by atoms with Crippen LogP contribution in [0.2, 0.25) is 0 Å². The zero-order valence-electron chi connectivity index (χ0n) is 4.38. The van der Waals surface area contributed by atoms with Gasteiger partial charge < -0.3 is 4.74 Å². The summed E-state index contributed by atoms with van der Waals surface area (Å²) < 4.78 is 61.8. The SMILES string of the molecule is FC1=COC(F)(F)C1(F)F. The maximum Gasteiger partial charge on any atom is 0.471 e. The summed E-state index contributed by atoms with van der Waals surface area (Å²) in [6.07, 6.45) is -5.03. The van der Waals surface area contributed by atoms with Gasteiger partial charge in [-0.05, 0) is 0 Å². The van der Waals surface area contributed by atoms with E-state index in [1.54, 1.807) is 0 Å². The molecule has 1 heterocycles. The van der Waals surface area contributed by atoms with E-state index in [-0.39, 0.29) is 6.26 Å². The molecule has 0 spiro atoms. The summed E-state index contributed by atoms with van der Waals surface area (Å²) in [5.41, 5.74) is 0. The first-order chi connectivity index (χ1) is 4.38. The van der Waals surface area contributed by atoms with E-state index in [0.717, 1.165) is 0 Å². The Bertz CT molecular complexity index is 184. The fourth-order valence-electron chi connectivity index (χ4n) is 0.413. The van der Waals surface area contributed by atoms with Crippen molar-refractivity contribution in [3.05, 3.63) is 12.1 Å². The van der Waals surface area contributed by atoms with Crippen LogP contribution < -0.4 is 0 Å². The number of halogens is 5. The van der Waals surface area contributed by atoms with Gasteiger partial charge in [0.2, 0.25) is 5.83 Å². The molecule has 1 aliphatic rings. The van der Waals surface area contributed by atoms with Gasteiger partial charge in [-0.25, -0.2) is 4.39 Å². The van der Waals surface area contributed by atoms with Gasteiger partial charge in [0.25, 0.3) is 0 Å². The Labute approximate surface area is 52.1 Å². The van der Waals surface area contributed by atoms with E-state index in [4.69, 9.17) is 0 Å². The first-order valence-corrected chi connectivity index (χ1v) is 2.17. The van der Waals surface area contributed by atoms with Crippen molar-refractivity contribution in [1.29, 1.82) is 0 Å². The third-order valence-electron chi connectivity index (χ3n) is 0.976. The highest BCUT2D eigenvalue weighted by Gasteiger charge is 2.66. The smallest absolute Gasteiger partial charge is 0.433 e. The number of ether oxygens (including phenoxy) is 1. The number of alkyl halides is 4. The van der Waals surface area contributed by atoms with Gasteiger partial charge in [-0.3, -0.25) is 0 Å². The van der Waals surface area contributed by atoms with Crippen molar-refractivity contribution in [3.63, 3.8) is 0 Å². The van der Waals surface area contributed by atoms with Crippen LogP contribution in [0.25, 0.3) is 0 Å². The second-order valence-electron chi connectivity index (χ2n) is 1.67. The molecule has 0 unspecified atom stereocenters. The molecule has 6 heteroatoms. The lowest BCUT2D eigenvalue weighted by molar-refractivity contribution is -0.296. The largest absolute Gasteiger partial charge is 0.471 e. The van der Waals surface area contributed by atoms with E-state index in [1.807, 2.05) is 0 Å². The first kappa shape index (κ1) is 7.30. The first-order valence-electron chi connectivity index (χ1n) is 2.17. The maximum atomic E-state index is 11.8. The van der Waals surface area contributed by atoms with Crippen molar-refractivity contribution >= 4 is 0 Å². The highest BCUT2D eigenvalue weighted by molar-refractivity contribution is 5.10. The van der Waals surface area contributed by atoms with E-state index in [1.165, 1.54) is 0 Å². The van der Waals surface area contributed by atoms with Gasteiger partial charge >= 0.3 is 12.0 Å². The Morgan fingerprint density at radius 3 is 1.80 bits per heavy atom. The molecule has 0 fully saturated rings. The number of hydrogen-bond acceptors (Lipinski definition) is 1. The third-order valence-corrected chi connectivity index (χ3v) is 0.976. The molecule has 0 aromatic carbocycles. The highest BCUT2D eigenvalue weighted by atomic mass is 19.3. The summed E-state index contributed by atoms with van der Waals surface area (Å²) in [5, 5.41) is 0. The monoisotopic (exact) mass is 160 g/mol. The summed E-state index contributed by atoms with van der Waals surface area (Å²) >= 11 is 0.